The van der Waals surface area contributed by atoms with Crippen LogP contribution in [0.3, 0.4) is 0 Å². The van der Waals surface area contributed by atoms with E-state index in [0.29, 0.717) is 18.8 Å². The van der Waals surface area contributed by atoms with Crippen molar-refractivity contribution in [3.05, 3.63) is 0 Å². The topological polar surface area (TPSA) is 83.5 Å². The number of halogens is 1. The van der Waals surface area contributed by atoms with Crippen molar-refractivity contribution in [1.82, 2.24) is 5.32 Å². The standard InChI is InChI=1S/C13H22BrNO4/c1-9(2)5-10(6-13(18)19)3-4-11(16)8-15-12(17)7-14/h9-10H,3-8H2,1-2H3,(H,15,17)(H,18,19)/t10-/m0/s1. The van der Waals surface area contributed by atoms with Crippen LogP contribution in [0.4, 0.5) is 0 Å². The number of carbonyl (C=O) groups is 3. The Balaban J connectivity index is 4.04. The Morgan fingerprint density at radius 3 is 2.37 bits per heavy atom. The maximum atomic E-state index is 11.6. The van der Waals surface area contributed by atoms with E-state index in [4.69, 9.17) is 5.11 Å². The molecule has 0 aromatic heterocycles. The van der Waals surface area contributed by atoms with Crippen LogP contribution in [0.2, 0.25) is 0 Å². The summed E-state index contributed by atoms with van der Waals surface area (Å²) in [5, 5.41) is 11.5. The van der Waals surface area contributed by atoms with Gasteiger partial charge in [0.1, 0.15) is 0 Å². The van der Waals surface area contributed by atoms with E-state index in [1.807, 2.05) is 13.8 Å². The molecule has 0 bridgehead atoms. The first kappa shape index (κ1) is 18.1. The number of nitrogens with one attached hydrogen (secondary N) is 1. The fourth-order valence-electron chi connectivity index (χ4n) is 1.91. The van der Waals surface area contributed by atoms with E-state index in [-0.39, 0.29) is 35.9 Å². The number of Topliss-reactive ketones (excluding diaryl/α,β-unsaturated/α-hetero) is 1. The third-order valence-electron chi connectivity index (χ3n) is 2.70. The summed E-state index contributed by atoms with van der Waals surface area (Å²) >= 11 is 2.99. The lowest BCUT2D eigenvalue weighted by Crippen LogP contribution is -2.30. The van der Waals surface area contributed by atoms with Crippen molar-refractivity contribution in [2.24, 2.45) is 11.8 Å². The first-order chi connectivity index (χ1) is 8.85. The minimum absolute atomic E-state index is 0.0197. The van der Waals surface area contributed by atoms with Crippen LogP contribution in [-0.4, -0.2) is 34.6 Å². The van der Waals surface area contributed by atoms with E-state index >= 15 is 0 Å². The zero-order valence-electron chi connectivity index (χ0n) is 11.4. The first-order valence-electron chi connectivity index (χ1n) is 6.41. The molecule has 0 aromatic rings. The minimum Gasteiger partial charge on any atom is -0.481 e. The average molecular weight is 336 g/mol. The molecule has 0 unspecified atom stereocenters. The molecule has 110 valence electrons. The van der Waals surface area contributed by atoms with E-state index in [2.05, 4.69) is 21.2 Å². The van der Waals surface area contributed by atoms with Crippen molar-refractivity contribution in [2.75, 3.05) is 11.9 Å². The Morgan fingerprint density at radius 1 is 1.26 bits per heavy atom. The number of carbonyl (C=O) groups excluding carboxylic acids is 2. The Morgan fingerprint density at radius 2 is 1.89 bits per heavy atom. The summed E-state index contributed by atoms with van der Waals surface area (Å²) in [7, 11) is 0. The lowest BCUT2D eigenvalue weighted by molar-refractivity contribution is -0.138. The second kappa shape index (κ2) is 9.95. The Hall–Kier alpha value is -0.910. The van der Waals surface area contributed by atoms with Crippen molar-refractivity contribution in [3.63, 3.8) is 0 Å². The van der Waals surface area contributed by atoms with Crippen LogP contribution in [0, 0.1) is 11.8 Å². The summed E-state index contributed by atoms with van der Waals surface area (Å²) in [6.45, 7) is 4.09. The molecule has 5 nitrogen and oxygen atoms in total. The van der Waals surface area contributed by atoms with E-state index in [0.717, 1.165) is 6.42 Å². The zero-order chi connectivity index (χ0) is 14.8. The van der Waals surface area contributed by atoms with Gasteiger partial charge in [-0.1, -0.05) is 29.8 Å². The van der Waals surface area contributed by atoms with Crippen LogP contribution in [-0.2, 0) is 14.4 Å². The molecule has 1 amide bonds. The predicted octanol–water partition coefficient (Wildman–Crippen LogP) is 1.98. The van der Waals surface area contributed by atoms with Gasteiger partial charge in [-0.05, 0) is 24.7 Å². The fourth-order valence-corrected chi connectivity index (χ4v) is 2.11. The number of aliphatic carboxylic acids is 1. The van der Waals surface area contributed by atoms with Gasteiger partial charge in [-0.3, -0.25) is 14.4 Å². The molecule has 0 radical (unpaired) electrons. The normalized spacial score (nSPS) is 12.2. The molecule has 0 rings (SSSR count). The number of hydrogen-bond acceptors (Lipinski definition) is 3. The van der Waals surface area contributed by atoms with Crippen molar-refractivity contribution in [2.45, 2.75) is 39.5 Å². The lowest BCUT2D eigenvalue weighted by atomic mass is 9.89. The Labute approximate surface area is 122 Å². The molecule has 0 saturated carbocycles. The largest absolute Gasteiger partial charge is 0.481 e. The predicted molar refractivity (Wildman–Crippen MR) is 76.2 cm³/mol. The van der Waals surface area contributed by atoms with Crippen molar-refractivity contribution in [3.8, 4) is 0 Å². The Kier molecular flexibility index (Phi) is 9.47. The molecule has 0 heterocycles. The van der Waals surface area contributed by atoms with Gasteiger partial charge in [0.05, 0.1) is 11.9 Å². The van der Waals surface area contributed by atoms with Gasteiger partial charge in [0, 0.05) is 12.8 Å². The second-order valence-corrected chi connectivity index (χ2v) is 5.64. The van der Waals surface area contributed by atoms with Crippen LogP contribution in [0.1, 0.15) is 39.5 Å². The molecular weight excluding hydrogens is 314 g/mol. The molecule has 1 atom stereocenters. The number of carboxylic acids is 1. The highest BCUT2D eigenvalue weighted by Gasteiger charge is 2.16. The summed E-state index contributed by atoms with van der Waals surface area (Å²) in [6.07, 6.45) is 1.77. The lowest BCUT2D eigenvalue weighted by Gasteiger charge is -2.16. The SMILES string of the molecule is CC(C)C[C@H](CCC(=O)CNC(=O)CBr)CC(=O)O. The summed E-state index contributed by atoms with van der Waals surface area (Å²) in [6, 6.07) is 0. The van der Waals surface area contributed by atoms with Crippen LogP contribution >= 0.6 is 15.9 Å². The Bertz CT molecular complexity index is 318. The molecule has 0 aliphatic rings. The molecular formula is C13H22BrNO4. The summed E-state index contributed by atoms with van der Waals surface area (Å²) in [4.78, 5) is 33.3. The van der Waals surface area contributed by atoms with Crippen LogP contribution in [0.5, 0.6) is 0 Å². The van der Waals surface area contributed by atoms with Crippen molar-refractivity contribution < 1.29 is 19.5 Å². The highest BCUT2D eigenvalue weighted by molar-refractivity contribution is 9.09. The third-order valence-corrected chi connectivity index (χ3v) is 3.21. The van der Waals surface area contributed by atoms with Crippen molar-refractivity contribution in [1.29, 1.82) is 0 Å². The van der Waals surface area contributed by atoms with E-state index < -0.39 is 5.97 Å². The van der Waals surface area contributed by atoms with Crippen molar-refractivity contribution >= 4 is 33.6 Å². The van der Waals surface area contributed by atoms with Gasteiger partial charge in [-0.2, -0.15) is 0 Å². The fraction of sp³-hybridized carbons (Fsp3) is 0.769. The monoisotopic (exact) mass is 335 g/mol. The number of alkyl halides is 1. The maximum Gasteiger partial charge on any atom is 0.303 e. The number of hydrogen-bond donors (Lipinski definition) is 2. The van der Waals surface area contributed by atoms with Gasteiger partial charge in [-0.25, -0.2) is 0 Å². The summed E-state index contributed by atoms with van der Waals surface area (Å²) < 4.78 is 0. The molecule has 0 saturated heterocycles. The molecule has 0 aliphatic heterocycles. The average Bonchev–Trinajstić information content (AvgIpc) is 2.31. The molecule has 0 aliphatic carbocycles. The summed E-state index contributed by atoms with van der Waals surface area (Å²) in [5.41, 5.74) is 0. The number of ketones is 1. The highest BCUT2D eigenvalue weighted by atomic mass is 79.9. The molecule has 0 aromatic carbocycles. The number of rotatable bonds is 10. The van der Waals surface area contributed by atoms with Crippen LogP contribution in [0.15, 0.2) is 0 Å². The van der Waals surface area contributed by atoms with Gasteiger partial charge in [0.2, 0.25) is 5.91 Å². The van der Waals surface area contributed by atoms with Gasteiger partial charge < -0.3 is 10.4 Å². The molecule has 0 spiro atoms. The van der Waals surface area contributed by atoms with Crippen LogP contribution < -0.4 is 5.32 Å². The third kappa shape index (κ3) is 10.7. The van der Waals surface area contributed by atoms with Gasteiger partial charge in [-0.15, -0.1) is 0 Å². The maximum absolute atomic E-state index is 11.6. The highest BCUT2D eigenvalue weighted by Crippen LogP contribution is 2.20. The molecule has 0 fully saturated rings. The first-order valence-corrected chi connectivity index (χ1v) is 7.53. The molecule has 2 N–H and O–H groups in total. The molecule has 19 heavy (non-hydrogen) atoms. The number of amides is 1. The van der Waals surface area contributed by atoms with E-state index in [1.54, 1.807) is 0 Å². The zero-order valence-corrected chi connectivity index (χ0v) is 13.0. The number of carboxylic acid groups (broad SMARTS) is 1. The van der Waals surface area contributed by atoms with Gasteiger partial charge in [0.25, 0.3) is 0 Å². The molecule has 6 heteroatoms. The summed E-state index contributed by atoms with van der Waals surface area (Å²) in [5.74, 6) is -0.683. The van der Waals surface area contributed by atoms with Crippen LogP contribution in [0.25, 0.3) is 0 Å². The van der Waals surface area contributed by atoms with E-state index in [1.165, 1.54) is 0 Å². The minimum atomic E-state index is -0.828. The van der Waals surface area contributed by atoms with Gasteiger partial charge in [0.15, 0.2) is 5.78 Å². The van der Waals surface area contributed by atoms with E-state index in [9.17, 15) is 14.4 Å². The smallest absolute Gasteiger partial charge is 0.303 e. The van der Waals surface area contributed by atoms with Gasteiger partial charge >= 0.3 is 5.97 Å². The second-order valence-electron chi connectivity index (χ2n) is 5.08. The quantitative estimate of drug-likeness (QED) is 0.598.